The van der Waals surface area contributed by atoms with E-state index in [0.717, 1.165) is 0 Å². The normalized spacial score (nSPS) is 9.63. The first-order chi connectivity index (χ1) is 9.12. The van der Waals surface area contributed by atoms with Gasteiger partial charge in [0.25, 0.3) is 0 Å². The van der Waals surface area contributed by atoms with E-state index in [0.29, 0.717) is 17.2 Å². The minimum atomic E-state index is -0.792. The van der Waals surface area contributed by atoms with E-state index < -0.39 is 11.8 Å². The molecule has 0 bridgehead atoms. The van der Waals surface area contributed by atoms with Crippen molar-refractivity contribution in [2.24, 2.45) is 5.73 Å². The van der Waals surface area contributed by atoms with Crippen LogP contribution in [0.4, 0.5) is 5.69 Å². The Bertz CT molecular complexity index is 462. The van der Waals surface area contributed by atoms with Crippen LogP contribution >= 0.6 is 0 Å². The van der Waals surface area contributed by atoms with Crippen molar-refractivity contribution in [3.63, 3.8) is 0 Å². The maximum Gasteiger partial charge on any atom is 0.313 e. The van der Waals surface area contributed by atoms with Gasteiger partial charge in [-0.15, -0.1) is 0 Å². The van der Waals surface area contributed by atoms with E-state index in [1.165, 1.54) is 14.2 Å². The number of rotatable bonds is 5. The predicted octanol–water partition coefficient (Wildman–Crippen LogP) is -0.283. The van der Waals surface area contributed by atoms with Gasteiger partial charge in [-0.3, -0.25) is 9.59 Å². The van der Waals surface area contributed by atoms with Gasteiger partial charge in [0, 0.05) is 19.2 Å². The second-order valence-electron chi connectivity index (χ2n) is 3.56. The van der Waals surface area contributed by atoms with Crippen LogP contribution in [0, 0.1) is 0 Å². The van der Waals surface area contributed by atoms with Gasteiger partial charge >= 0.3 is 11.8 Å². The quantitative estimate of drug-likeness (QED) is 0.637. The van der Waals surface area contributed by atoms with Crippen LogP contribution in [0.1, 0.15) is 0 Å². The third kappa shape index (κ3) is 4.14. The second kappa shape index (κ2) is 7.22. The van der Waals surface area contributed by atoms with E-state index in [4.69, 9.17) is 15.2 Å². The monoisotopic (exact) mass is 267 g/mol. The average Bonchev–Trinajstić information content (AvgIpc) is 2.44. The number of methoxy groups -OCH3 is 2. The second-order valence-corrected chi connectivity index (χ2v) is 3.56. The number of carbonyl (C=O) groups is 2. The molecule has 0 aliphatic rings. The molecule has 0 saturated carbocycles. The van der Waals surface area contributed by atoms with Crippen LogP contribution in [0.5, 0.6) is 11.5 Å². The lowest BCUT2D eigenvalue weighted by molar-refractivity contribution is -0.136. The zero-order valence-electron chi connectivity index (χ0n) is 10.9. The highest BCUT2D eigenvalue weighted by molar-refractivity contribution is 6.39. The fraction of sp³-hybridized carbons (Fsp3) is 0.333. The van der Waals surface area contributed by atoms with Gasteiger partial charge in [-0.1, -0.05) is 0 Å². The van der Waals surface area contributed by atoms with Crippen LogP contribution in [0.25, 0.3) is 0 Å². The number of amides is 2. The molecule has 1 aromatic carbocycles. The lowest BCUT2D eigenvalue weighted by atomic mass is 10.2. The van der Waals surface area contributed by atoms with Crippen LogP contribution in [0.15, 0.2) is 18.2 Å². The molecule has 0 aliphatic carbocycles. The summed E-state index contributed by atoms with van der Waals surface area (Å²) in [7, 11) is 2.97. The molecule has 0 unspecified atom stereocenters. The summed E-state index contributed by atoms with van der Waals surface area (Å²) in [6.45, 7) is 0.503. The van der Waals surface area contributed by atoms with Gasteiger partial charge in [0.15, 0.2) is 0 Å². The van der Waals surface area contributed by atoms with E-state index >= 15 is 0 Å². The van der Waals surface area contributed by atoms with Crippen LogP contribution in [0.2, 0.25) is 0 Å². The van der Waals surface area contributed by atoms with Crippen molar-refractivity contribution < 1.29 is 19.1 Å². The molecule has 0 fully saturated rings. The molecule has 4 N–H and O–H groups in total. The Hall–Kier alpha value is -2.28. The molecular formula is C12H17N3O4. The molecule has 1 aromatic rings. The number of hydrogen-bond donors (Lipinski definition) is 3. The van der Waals surface area contributed by atoms with Crippen molar-refractivity contribution in [3.8, 4) is 11.5 Å². The lowest BCUT2D eigenvalue weighted by Crippen LogP contribution is -2.38. The number of hydrogen-bond acceptors (Lipinski definition) is 5. The zero-order valence-corrected chi connectivity index (χ0v) is 10.9. The maximum absolute atomic E-state index is 11.6. The Kier molecular flexibility index (Phi) is 5.62. The van der Waals surface area contributed by atoms with E-state index in [1.54, 1.807) is 18.2 Å². The Morgan fingerprint density at radius 1 is 1.21 bits per heavy atom. The molecule has 0 atom stereocenters. The zero-order chi connectivity index (χ0) is 14.3. The van der Waals surface area contributed by atoms with Crippen molar-refractivity contribution >= 4 is 17.5 Å². The van der Waals surface area contributed by atoms with Gasteiger partial charge in [0.2, 0.25) is 0 Å². The fourth-order valence-electron chi connectivity index (χ4n) is 1.36. The Labute approximate surface area is 111 Å². The highest BCUT2D eigenvalue weighted by Gasteiger charge is 2.15. The molecule has 7 heteroatoms. The molecule has 0 radical (unpaired) electrons. The van der Waals surface area contributed by atoms with Crippen molar-refractivity contribution in [1.82, 2.24) is 5.32 Å². The van der Waals surface area contributed by atoms with Crippen molar-refractivity contribution in [3.05, 3.63) is 18.2 Å². The largest absolute Gasteiger partial charge is 0.497 e. The Morgan fingerprint density at radius 3 is 2.53 bits per heavy atom. The van der Waals surface area contributed by atoms with E-state index in [1.807, 2.05) is 0 Å². The molecule has 0 aliphatic heterocycles. The summed E-state index contributed by atoms with van der Waals surface area (Å²) in [5.41, 5.74) is 5.59. The molecule has 104 valence electrons. The minimum Gasteiger partial charge on any atom is -0.497 e. The van der Waals surface area contributed by atoms with Crippen molar-refractivity contribution in [2.45, 2.75) is 0 Å². The third-order valence-corrected chi connectivity index (χ3v) is 2.29. The van der Waals surface area contributed by atoms with E-state index in [9.17, 15) is 9.59 Å². The summed E-state index contributed by atoms with van der Waals surface area (Å²) in [4.78, 5) is 23.0. The smallest absolute Gasteiger partial charge is 0.313 e. The number of benzene rings is 1. The lowest BCUT2D eigenvalue weighted by Gasteiger charge is -2.11. The molecule has 19 heavy (non-hydrogen) atoms. The summed E-state index contributed by atoms with van der Waals surface area (Å²) < 4.78 is 10.1. The van der Waals surface area contributed by atoms with Gasteiger partial charge in [0.05, 0.1) is 19.9 Å². The van der Waals surface area contributed by atoms with Gasteiger partial charge in [-0.05, 0) is 12.1 Å². The topological polar surface area (TPSA) is 103 Å². The maximum atomic E-state index is 11.6. The molecule has 0 heterocycles. The van der Waals surface area contributed by atoms with Gasteiger partial charge in [-0.25, -0.2) is 0 Å². The summed E-state index contributed by atoms with van der Waals surface area (Å²) in [5, 5.41) is 4.82. The first-order valence-corrected chi connectivity index (χ1v) is 5.63. The van der Waals surface area contributed by atoms with Crippen molar-refractivity contribution in [1.29, 1.82) is 0 Å². The summed E-state index contributed by atoms with van der Waals surface area (Å²) >= 11 is 0. The molecule has 7 nitrogen and oxygen atoms in total. The molecular weight excluding hydrogens is 250 g/mol. The van der Waals surface area contributed by atoms with Crippen molar-refractivity contribution in [2.75, 3.05) is 32.6 Å². The van der Waals surface area contributed by atoms with Crippen LogP contribution in [-0.4, -0.2) is 39.1 Å². The number of nitrogens with one attached hydrogen (secondary N) is 2. The average molecular weight is 267 g/mol. The number of carbonyl (C=O) groups excluding carboxylic acids is 2. The SMILES string of the molecule is COc1ccc(OC)c(NC(=O)C(=O)NCCN)c1. The first kappa shape index (κ1) is 14.8. The Balaban J connectivity index is 2.79. The number of anilines is 1. The minimum absolute atomic E-state index is 0.238. The van der Waals surface area contributed by atoms with E-state index in [-0.39, 0.29) is 13.1 Å². The molecule has 2 amide bonds. The van der Waals surface area contributed by atoms with Crippen LogP contribution < -0.4 is 25.8 Å². The fourth-order valence-corrected chi connectivity index (χ4v) is 1.36. The first-order valence-electron chi connectivity index (χ1n) is 5.63. The molecule has 0 saturated heterocycles. The van der Waals surface area contributed by atoms with E-state index in [2.05, 4.69) is 10.6 Å². The third-order valence-electron chi connectivity index (χ3n) is 2.29. The van der Waals surface area contributed by atoms with Gasteiger partial charge in [0.1, 0.15) is 11.5 Å². The van der Waals surface area contributed by atoms with Gasteiger partial charge in [-0.2, -0.15) is 0 Å². The summed E-state index contributed by atoms with van der Waals surface area (Å²) in [5.74, 6) is -0.574. The van der Waals surface area contributed by atoms with Crippen LogP contribution in [-0.2, 0) is 9.59 Å². The number of ether oxygens (including phenoxy) is 2. The number of nitrogens with two attached hydrogens (primary N) is 1. The summed E-state index contributed by atoms with van der Waals surface area (Å²) in [6.07, 6.45) is 0. The predicted molar refractivity (Wildman–Crippen MR) is 70.2 cm³/mol. The highest BCUT2D eigenvalue weighted by atomic mass is 16.5. The standard InChI is InChI=1S/C12H17N3O4/c1-18-8-3-4-10(19-2)9(7-8)15-12(17)11(16)14-6-5-13/h3-4,7H,5-6,13H2,1-2H3,(H,14,16)(H,15,17). The molecule has 0 spiro atoms. The summed E-state index contributed by atoms with van der Waals surface area (Å²) in [6, 6.07) is 4.88. The Morgan fingerprint density at radius 2 is 1.95 bits per heavy atom. The molecule has 1 rings (SSSR count). The highest BCUT2D eigenvalue weighted by Crippen LogP contribution is 2.28. The van der Waals surface area contributed by atoms with Crippen LogP contribution in [0.3, 0.4) is 0 Å². The van der Waals surface area contributed by atoms with Gasteiger partial charge < -0.3 is 25.8 Å². The molecule has 0 aromatic heterocycles.